The summed E-state index contributed by atoms with van der Waals surface area (Å²) in [5.41, 5.74) is -5.09. The smallest absolute Gasteiger partial charge is 0.190 e. The minimum absolute atomic E-state index is 0.0175. The second-order valence-corrected chi connectivity index (χ2v) is 12.2. The zero-order chi connectivity index (χ0) is 23.5. The highest BCUT2D eigenvalue weighted by Crippen LogP contribution is 2.82. The molecule has 0 aromatic rings. The van der Waals surface area contributed by atoms with E-state index in [1.807, 2.05) is 33.8 Å². The van der Waals surface area contributed by atoms with Gasteiger partial charge in [0.05, 0.1) is 0 Å². The first-order chi connectivity index (χ1) is 14.0. The molecule has 0 heterocycles. The van der Waals surface area contributed by atoms with Crippen molar-refractivity contribution >= 4 is 17.3 Å². The van der Waals surface area contributed by atoms with Crippen LogP contribution in [0, 0.1) is 32.5 Å². The first kappa shape index (κ1) is 22.6. The molecular formula is C26H36O5. The maximum absolute atomic E-state index is 14.2. The Bertz CT molecular complexity index is 974. The lowest BCUT2D eigenvalue weighted by atomic mass is 9.30. The standard InChI is InChI=1S/C26H36O5/c1-20(2)15-24(6)22(4)11-8-16-12-17(28)9-10-21(16,3)25(22,7)18(29)13-23(24,5)26(20,31)19(30)14-27/h9-10,12,27,31H,8,11,13-15H2,1-7H3. The van der Waals surface area contributed by atoms with Gasteiger partial charge in [0.25, 0.3) is 0 Å². The Kier molecular flexibility index (Phi) is 4.26. The van der Waals surface area contributed by atoms with E-state index in [1.54, 1.807) is 12.2 Å². The molecule has 5 nitrogen and oxygen atoms in total. The normalized spacial score (nSPS) is 50.4. The lowest BCUT2D eigenvalue weighted by Crippen LogP contribution is -2.73. The van der Waals surface area contributed by atoms with Gasteiger partial charge in [-0.05, 0) is 42.2 Å². The summed E-state index contributed by atoms with van der Waals surface area (Å²) in [5.74, 6) is -0.623. The molecule has 0 bridgehead atoms. The molecule has 0 saturated heterocycles. The number of rotatable bonds is 2. The monoisotopic (exact) mass is 428 g/mol. The molecular weight excluding hydrogens is 392 g/mol. The summed E-state index contributed by atoms with van der Waals surface area (Å²) in [5, 5.41) is 21.8. The Morgan fingerprint density at radius 2 is 1.61 bits per heavy atom. The number of aliphatic hydroxyl groups excluding tert-OH is 1. The molecule has 6 atom stereocenters. The minimum Gasteiger partial charge on any atom is -0.388 e. The summed E-state index contributed by atoms with van der Waals surface area (Å²) >= 11 is 0. The van der Waals surface area contributed by atoms with Crippen LogP contribution in [0.4, 0.5) is 0 Å². The largest absolute Gasteiger partial charge is 0.388 e. The van der Waals surface area contributed by atoms with Gasteiger partial charge in [0, 0.05) is 28.1 Å². The predicted octanol–water partition coefficient (Wildman–Crippen LogP) is 3.57. The predicted molar refractivity (Wildman–Crippen MR) is 117 cm³/mol. The molecule has 31 heavy (non-hydrogen) atoms. The van der Waals surface area contributed by atoms with E-state index >= 15 is 0 Å². The lowest BCUT2D eigenvalue weighted by molar-refractivity contribution is -0.230. The summed E-state index contributed by atoms with van der Waals surface area (Å²) < 4.78 is 0. The molecule has 0 amide bonds. The van der Waals surface area contributed by atoms with Gasteiger partial charge in [0.1, 0.15) is 18.0 Å². The zero-order valence-electron chi connectivity index (χ0n) is 19.9. The number of carbonyl (C=O) groups excluding carboxylic acids is 3. The average molecular weight is 429 g/mol. The summed E-state index contributed by atoms with van der Waals surface area (Å²) in [6.07, 6.45) is 7.21. The molecule has 0 radical (unpaired) electrons. The third kappa shape index (κ3) is 2.01. The van der Waals surface area contributed by atoms with Crippen LogP contribution >= 0.6 is 0 Å². The van der Waals surface area contributed by atoms with Gasteiger partial charge >= 0.3 is 0 Å². The number of Topliss-reactive ketones (excluding diaryl/α,β-unsaturated/α-hetero) is 2. The van der Waals surface area contributed by atoms with E-state index in [4.69, 9.17) is 0 Å². The van der Waals surface area contributed by atoms with Crippen molar-refractivity contribution in [1.29, 1.82) is 0 Å². The number of allylic oxidation sites excluding steroid dienone is 4. The molecule has 0 aromatic heterocycles. The van der Waals surface area contributed by atoms with Gasteiger partial charge in [-0.3, -0.25) is 14.4 Å². The van der Waals surface area contributed by atoms with Crippen molar-refractivity contribution in [2.24, 2.45) is 32.5 Å². The number of hydrogen-bond donors (Lipinski definition) is 2. The molecule has 2 N–H and O–H groups in total. The number of hydrogen-bond acceptors (Lipinski definition) is 5. The molecule has 4 rings (SSSR count). The van der Waals surface area contributed by atoms with Crippen molar-refractivity contribution in [3.05, 3.63) is 23.8 Å². The molecule has 3 saturated carbocycles. The number of fused-ring (bicyclic) bond motifs is 5. The molecule has 4 aliphatic carbocycles. The van der Waals surface area contributed by atoms with E-state index in [2.05, 4.69) is 20.8 Å². The summed E-state index contributed by atoms with van der Waals surface area (Å²) in [6.45, 7) is 13.3. The number of carbonyl (C=O) groups is 3. The fourth-order valence-corrected chi connectivity index (χ4v) is 8.96. The Labute approximate surface area is 185 Å². The molecule has 4 aliphatic rings. The first-order valence-electron chi connectivity index (χ1n) is 11.4. The Morgan fingerprint density at radius 1 is 1.00 bits per heavy atom. The molecule has 0 spiro atoms. The Morgan fingerprint density at radius 3 is 2.19 bits per heavy atom. The van der Waals surface area contributed by atoms with Gasteiger partial charge < -0.3 is 10.2 Å². The summed E-state index contributed by atoms with van der Waals surface area (Å²) in [6, 6.07) is 0. The van der Waals surface area contributed by atoms with E-state index in [0.29, 0.717) is 19.3 Å². The van der Waals surface area contributed by atoms with Gasteiger partial charge in [-0.2, -0.15) is 0 Å². The van der Waals surface area contributed by atoms with Gasteiger partial charge in [0.2, 0.25) is 0 Å². The Balaban J connectivity index is 2.01. The molecule has 6 unspecified atom stereocenters. The fraction of sp³-hybridized carbons (Fsp3) is 0.731. The van der Waals surface area contributed by atoms with Crippen molar-refractivity contribution in [3.8, 4) is 0 Å². The lowest BCUT2D eigenvalue weighted by Gasteiger charge is -2.71. The van der Waals surface area contributed by atoms with Crippen LogP contribution in [0.15, 0.2) is 23.8 Å². The first-order valence-corrected chi connectivity index (χ1v) is 11.4. The van der Waals surface area contributed by atoms with Crippen molar-refractivity contribution in [3.63, 3.8) is 0 Å². The van der Waals surface area contributed by atoms with Gasteiger partial charge in [-0.1, -0.05) is 60.1 Å². The van der Waals surface area contributed by atoms with Gasteiger partial charge in [-0.15, -0.1) is 0 Å². The van der Waals surface area contributed by atoms with E-state index in [-0.39, 0.29) is 18.0 Å². The zero-order valence-corrected chi connectivity index (χ0v) is 19.9. The SMILES string of the molecule is CC1(C)CC2(C)C3(C)CCC4=CC(=O)C=CC4(C)C3(C)C(=O)CC2(C)C1(O)C(=O)CO. The fourth-order valence-electron chi connectivity index (χ4n) is 8.96. The van der Waals surface area contributed by atoms with Crippen LogP contribution in [0.5, 0.6) is 0 Å². The number of aliphatic hydroxyl groups is 2. The highest BCUT2D eigenvalue weighted by atomic mass is 16.3. The Hall–Kier alpha value is -1.59. The highest BCUT2D eigenvalue weighted by molar-refractivity contribution is 6.02. The minimum atomic E-state index is -1.81. The van der Waals surface area contributed by atoms with Crippen LogP contribution in [0.3, 0.4) is 0 Å². The quantitative estimate of drug-likeness (QED) is 0.702. The second-order valence-electron chi connectivity index (χ2n) is 12.2. The van der Waals surface area contributed by atoms with Crippen molar-refractivity contribution in [2.75, 3.05) is 6.61 Å². The van der Waals surface area contributed by atoms with Gasteiger partial charge in [-0.25, -0.2) is 0 Å². The average Bonchev–Trinajstić information content (AvgIpc) is 2.81. The molecule has 170 valence electrons. The van der Waals surface area contributed by atoms with Crippen LogP contribution in [0.25, 0.3) is 0 Å². The van der Waals surface area contributed by atoms with E-state index < -0.39 is 50.5 Å². The highest BCUT2D eigenvalue weighted by Gasteiger charge is 2.84. The third-order valence-electron chi connectivity index (χ3n) is 11.2. The van der Waals surface area contributed by atoms with Crippen LogP contribution in [-0.4, -0.2) is 39.8 Å². The van der Waals surface area contributed by atoms with E-state index in [1.165, 1.54) is 0 Å². The third-order valence-corrected chi connectivity index (χ3v) is 11.2. The summed E-state index contributed by atoms with van der Waals surface area (Å²) in [4.78, 5) is 39.3. The van der Waals surface area contributed by atoms with E-state index in [9.17, 15) is 24.6 Å². The van der Waals surface area contributed by atoms with Gasteiger partial charge in [0.15, 0.2) is 11.6 Å². The summed E-state index contributed by atoms with van der Waals surface area (Å²) in [7, 11) is 0. The molecule has 5 heteroatoms. The maximum atomic E-state index is 14.2. The van der Waals surface area contributed by atoms with Crippen molar-refractivity contribution in [1.82, 2.24) is 0 Å². The van der Waals surface area contributed by atoms with Crippen molar-refractivity contribution in [2.45, 2.75) is 79.8 Å². The van der Waals surface area contributed by atoms with Crippen molar-refractivity contribution < 1.29 is 24.6 Å². The van der Waals surface area contributed by atoms with Crippen LogP contribution in [0.1, 0.15) is 74.1 Å². The van der Waals surface area contributed by atoms with Crippen LogP contribution < -0.4 is 0 Å². The maximum Gasteiger partial charge on any atom is 0.190 e. The molecule has 3 fully saturated rings. The molecule has 0 aliphatic heterocycles. The molecule has 0 aromatic carbocycles. The number of ketones is 3. The topological polar surface area (TPSA) is 91.7 Å². The van der Waals surface area contributed by atoms with Crippen LogP contribution in [-0.2, 0) is 14.4 Å². The van der Waals surface area contributed by atoms with Crippen LogP contribution in [0.2, 0.25) is 0 Å². The second kappa shape index (κ2) is 5.85. The van der Waals surface area contributed by atoms with E-state index in [0.717, 1.165) is 5.57 Å².